The van der Waals surface area contributed by atoms with E-state index in [0.717, 1.165) is 31.8 Å². The van der Waals surface area contributed by atoms with Crippen molar-refractivity contribution in [1.29, 1.82) is 0 Å². The van der Waals surface area contributed by atoms with Crippen molar-refractivity contribution < 1.29 is 0 Å². The zero-order valence-corrected chi connectivity index (χ0v) is 32.9. The van der Waals surface area contributed by atoms with E-state index in [2.05, 4.69) is 150 Å². The molecule has 0 bridgehead atoms. The van der Waals surface area contributed by atoms with Gasteiger partial charge in [0, 0.05) is 31.8 Å². The molecule has 0 aliphatic carbocycles. The van der Waals surface area contributed by atoms with Gasteiger partial charge in [-0.3, -0.25) is 0 Å². The molecule has 2 heterocycles. The van der Waals surface area contributed by atoms with Crippen LogP contribution in [-0.2, 0) is 0 Å². The van der Waals surface area contributed by atoms with Crippen LogP contribution in [0.2, 0.25) is 5.67 Å². The second-order valence-corrected chi connectivity index (χ2v) is 31.2. The highest BCUT2D eigenvalue weighted by Crippen LogP contribution is 2.56. The van der Waals surface area contributed by atoms with E-state index in [4.69, 9.17) is 30.6 Å². The van der Waals surface area contributed by atoms with Gasteiger partial charge in [-0.15, -0.1) is 0 Å². The minimum absolute atomic E-state index is 0.159. The molecule has 228 valence electrons. The Labute approximate surface area is 269 Å². The molecule has 2 aliphatic rings. The molecule has 4 nitrogen and oxygen atoms in total. The number of halogens is 2. The first-order chi connectivity index (χ1) is 18.5. The van der Waals surface area contributed by atoms with Crippen molar-refractivity contribution in [2.45, 2.75) is 88.8 Å². The summed E-state index contributed by atoms with van der Waals surface area (Å²) in [5.74, 6) is 0. The van der Waals surface area contributed by atoms with Crippen LogP contribution in [0.5, 0.6) is 0 Å². The van der Waals surface area contributed by atoms with Gasteiger partial charge in [0.15, 0.2) is 0 Å². The highest BCUT2D eigenvalue weighted by molar-refractivity contribution is 9.28. The topological polar surface area (TPSA) is 13.0 Å². The van der Waals surface area contributed by atoms with Gasteiger partial charge in [-0.2, -0.15) is 0 Å². The SMILES string of the molecule is CC(C)(C)CN1c2ccccc2N(CC(C)(C)C)[Si]1(Br)C[Si]1(Br)N(CC(C)(C)C)c2ccccc2N1CC(C)(C)C. The van der Waals surface area contributed by atoms with Crippen molar-refractivity contribution in [2.75, 3.05) is 44.4 Å². The fourth-order valence-corrected chi connectivity index (χ4v) is 31.5. The van der Waals surface area contributed by atoms with Gasteiger partial charge in [0.1, 0.15) is 0 Å². The lowest BCUT2D eigenvalue weighted by Crippen LogP contribution is -2.71. The summed E-state index contributed by atoms with van der Waals surface area (Å²) in [6.07, 6.45) is 0. The molecule has 2 aromatic carbocycles. The minimum atomic E-state index is -2.47. The van der Waals surface area contributed by atoms with Crippen LogP contribution in [0.3, 0.4) is 0 Å². The Morgan fingerprint density at radius 1 is 0.439 bits per heavy atom. The van der Waals surface area contributed by atoms with Crippen molar-refractivity contribution in [2.24, 2.45) is 21.7 Å². The van der Waals surface area contributed by atoms with E-state index in [0.29, 0.717) is 0 Å². The standard InChI is InChI=1S/C33H54Br2N4Si2/c1-30(2,3)21-36-26-17-13-14-18-27(26)37(22-31(4,5)6)40(36,34)25-41(35)38(23-32(7,8)9)28-19-15-16-20-29(28)39(41)24-33(10,11)12/h13-20H,21-25H2,1-12H3. The van der Waals surface area contributed by atoms with E-state index in [1.165, 1.54) is 22.7 Å². The van der Waals surface area contributed by atoms with Crippen LogP contribution in [0.1, 0.15) is 83.1 Å². The Hall–Kier alpha value is -0.966. The Morgan fingerprint density at radius 3 is 0.805 bits per heavy atom. The first kappa shape index (κ1) is 32.9. The van der Waals surface area contributed by atoms with Gasteiger partial charge >= 0.3 is 14.0 Å². The summed E-state index contributed by atoms with van der Waals surface area (Å²) in [7, 11) is -4.94. The molecule has 0 unspecified atom stereocenters. The van der Waals surface area contributed by atoms with Crippen molar-refractivity contribution in [3.8, 4) is 0 Å². The number of rotatable bonds is 6. The molecular weight excluding hydrogens is 668 g/mol. The maximum atomic E-state index is 4.71. The molecule has 0 aromatic heterocycles. The van der Waals surface area contributed by atoms with Crippen LogP contribution in [0, 0.1) is 21.7 Å². The fourth-order valence-electron chi connectivity index (χ4n) is 6.26. The van der Waals surface area contributed by atoms with Crippen molar-refractivity contribution in [1.82, 2.24) is 0 Å². The maximum Gasteiger partial charge on any atom is 0.340 e. The molecule has 0 atom stereocenters. The number of nitrogens with zero attached hydrogens (tertiary/aromatic N) is 4. The largest absolute Gasteiger partial charge is 0.370 e. The summed E-state index contributed by atoms with van der Waals surface area (Å²) >= 11 is 9.42. The maximum absolute atomic E-state index is 4.71. The summed E-state index contributed by atoms with van der Waals surface area (Å²) in [6.45, 7) is 32.7. The molecule has 2 aliphatic heterocycles. The molecular formula is C33H54Br2N4Si2. The fraction of sp³-hybridized carbons (Fsp3) is 0.636. The van der Waals surface area contributed by atoms with Crippen molar-refractivity contribution in [3.05, 3.63) is 48.5 Å². The highest BCUT2D eigenvalue weighted by Gasteiger charge is 2.63. The molecule has 41 heavy (non-hydrogen) atoms. The number of anilines is 4. The zero-order chi connectivity index (χ0) is 30.8. The third-order valence-corrected chi connectivity index (χ3v) is 26.2. The van der Waals surface area contributed by atoms with Crippen molar-refractivity contribution in [3.63, 3.8) is 0 Å². The summed E-state index contributed by atoms with van der Waals surface area (Å²) in [5.41, 5.74) is 7.29. The number of hydrogen-bond acceptors (Lipinski definition) is 4. The summed E-state index contributed by atoms with van der Waals surface area (Å²) in [4.78, 5) is 0. The van der Waals surface area contributed by atoms with Crippen LogP contribution in [-0.4, -0.2) is 40.2 Å². The second-order valence-electron chi connectivity index (χ2n) is 17.2. The number of hydrogen-bond donors (Lipinski definition) is 0. The summed E-state index contributed by atoms with van der Waals surface area (Å²) in [6, 6.07) is 18.3. The van der Waals surface area contributed by atoms with Gasteiger partial charge in [-0.05, 0) is 45.9 Å². The smallest absolute Gasteiger partial charge is 0.340 e. The van der Waals surface area contributed by atoms with Gasteiger partial charge in [0.25, 0.3) is 0 Å². The Bertz CT molecular complexity index is 1060. The molecule has 0 fully saturated rings. The van der Waals surface area contributed by atoms with Gasteiger partial charge in [0.2, 0.25) is 0 Å². The molecule has 2 aromatic rings. The van der Waals surface area contributed by atoms with Crippen LogP contribution >= 0.6 is 30.6 Å². The van der Waals surface area contributed by atoms with Crippen LogP contribution in [0.25, 0.3) is 0 Å². The number of benzene rings is 2. The number of fused-ring (bicyclic) bond motifs is 2. The monoisotopic (exact) mass is 720 g/mol. The predicted octanol–water partition coefficient (Wildman–Crippen LogP) is 10.0. The molecule has 8 heteroatoms. The average molecular weight is 723 g/mol. The Balaban J connectivity index is 1.94. The highest BCUT2D eigenvalue weighted by atomic mass is 79.9. The molecule has 4 rings (SSSR count). The molecule has 0 radical (unpaired) electrons. The van der Waals surface area contributed by atoms with E-state index in [9.17, 15) is 0 Å². The van der Waals surface area contributed by atoms with E-state index in [1.807, 2.05) is 0 Å². The van der Waals surface area contributed by atoms with Gasteiger partial charge in [-0.1, -0.05) is 138 Å². The molecule has 0 amide bonds. The molecule has 0 saturated carbocycles. The molecule has 0 N–H and O–H groups in total. The van der Waals surface area contributed by atoms with Crippen molar-refractivity contribution >= 4 is 67.4 Å². The van der Waals surface area contributed by atoms with Gasteiger partial charge < -0.3 is 18.3 Å². The second kappa shape index (κ2) is 10.9. The first-order valence-electron chi connectivity index (χ1n) is 15.2. The number of para-hydroxylation sites is 4. The lowest BCUT2D eigenvalue weighted by Gasteiger charge is -2.50. The van der Waals surface area contributed by atoms with Crippen LogP contribution in [0.15, 0.2) is 48.5 Å². The van der Waals surface area contributed by atoms with E-state index >= 15 is 0 Å². The van der Waals surface area contributed by atoms with E-state index < -0.39 is 14.0 Å². The van der Waals surface area contributed by atoms with E-state index in [1.54, 1.807) is 0 Å². The predicted molar refractivity (Wildman–Crippen MR) is 194 cm³/mol. The summed E-state index contributed by atoms with van der Waals surface area (Å²) < 4.78 is 11.3. The van der Waals surface area contributed by atoms with E-state index in [-0.39, 0.29) is 21.7 Å². The van der Waals surface area contributed by atoms with Gasteiger partial charge in [-0.25, -0.2) is 0 Å². The Kier molecular flexibility index (Phi) is 8.74. The molecule has 0 spiro atoms. The third-order valence-electron chi connectivity index (χ3n) is 7.56. The quantitative estimate of drug-likeness (QED) is 0.218. The zero-order valence-electron chi connectivity index (χ0n) is 27.7. The van der Waals surface area contributed by atoms with Crippen LogP contribution in [0.4, 0.5) is 22.7 Å². The molecule has 0 saturated heterocycles. The normalized spacial score (nSPS) is 18.7. The van der Waals surface area contributed by atoms with Gasteiger partial charge in [0.05, 0.1) is 22.7 Å². The Morgan fingerprint density at radius 2 is 0.634 bits per heavy atom. The average Bonchev–Trinajstić information content (AvgIpc) is 3.12. The first-order valence-corrected chi connectivity index (χ1v) is 23.9. The third kappa shape index (κ3) is 7.07. The summed E-state index contributed by atoms with van der Waals surface area (Å²) in [5, 5.41) is 0. The minimum Gasteiger partial charge on any atom is -0.370 e. The lowest BCUT2D eigenvalue weighted by atomic mass is 9.96. The van der Waals surface area contributed by atoms with Crippen LogP contribution < -0.4 is 18.3 Å². The lowest BCUT2D eigenvalue weighted by molar-refractivity contribution is 0.422.